The van der Waals surface area contributed by atoms with Gasteiger partial charge in [-0.1, -0.05) is 13.8 Å². The van der Waals surface area contributed by atoms with Gasteiger partial charge < -0.3 is 0 Å². The van der Waals surface area contributed by atoms with E-state index in [-0.39, 0.29) is 0 Å². The van der Waals surface area contributed by atoms with Gasteiger partial charge in [-0.3, -0.25) is 4.90 Å². The van der Waals surface area contributed by atoms with Gasteiger partial charge in [0, 0.05) is 12.6 Å². The highest BCUT2D eigenvalue weighted by molar-refractivity contribution is 4.96. The lowest BCUT2D eigenvalue weighted by Crippen LogP contribution is -2.33. The number of fused-ring (bicyclic) bond motifs is 2. The van der Waals surface area contributed by atoms with E-state index in [2.05, 4.69) is 18.7 Å². The molecule has 0 amide bonds. The van der Waals surface area contributed by atoms with E-state index in [4.69, 9.17) is 0 Å². The molecule has 1 saturated heterocycles. The summed E-state index contributed by atoms with van der Waals surface area (Å²) in [7, 11) is 0. The van der Waals surface area contributed by atoms with Crippen molar-refractivity contribution in [2.75, 3.05) is 13.1 Å². The molecule has 0 aromatic carbocycles. The molecule has 2 rings (SSSR count). The van der Waals surface area contributed by atoms with E-state index in [0.29, 0.717) is 0 Å². The average molecular weight is 153 g/mol. The maximum absolute atomic E-state index is 2.71. The Bertz CT molecular complexity index is 144. The van der Waals surface area contributed by atoms with E-state index in [9.17, 15) is 0 Å². The van der Waals surface area contributed by atoms with Crippen molar-refractivity contribution >= 4 is 0 Å². The van der Waals surface area contributed by atoms with Gasteiger partial charge in [0.2, 0.25) is 0 Å². The van der Waals surface area contributed by atoms with Crippen LogP contribution in [-0.4, -0.2) is 24.0 Å². The lowest BCUT2D eigenvalue weighted by Gasteiger charge is -2.26. The minimum absolute atomic E-state index is 0.958. The molecule has 0 N–H and O–H groups in total. The fourth-order valence-electron chi connectivity index (χ4n) is 2.98. The van der Waals surface area contributed by atoms with Crippen molar-refractivity contribution in [3.8, 4) is 0 Å². The second-order valence-corrected chi connectivity index (χ2v) is 4.26. The van der Waals surface area contributed by atoms with Gasteiger partial charge in [-0.2, -0.15) is 0 Å². The van der Waals surface area contributed by atoms with Gasteiger partial charge in [-0.15, -0.1) is 0 Å². The van der Waals surface area contributed by atoms with Crippen LogP contribution in [0.3, 0.4) is 0 Å². The van der Waals surface area contributed by atoms with Crippen LogP contribution >= 0.6 is 0 Å². The predicted molar refractivity (Wildman–Crippen MR) is 47.5 cm³/mol. The van der Waals surface area contributed by atoms with Gasteiger partial charge in [0.1, 0.15) is 0 Å². The fraction of sp³-hybridized carbons (Fsp3) is 1.00. The first-order valence-corrected chi connectivity index (χ1v) is 5.07. The molecule has 0 radical (unpaired) electrons. The molecule has 1 saturated carbocycles. The smallest absolute Gasteiger partial charge is 0.0124 e. The summed E-state index contributed by atoms with van der Waals surface area (Å²) in [5.74, 6) is 2.05. The number of hydrogen-bond donors (Lipinski definition) is 0. The molecule has 0 aromatic rings. The van der Waals surface area contributed by atoms with Crippen molar-refractivity contribution in [1.82, 2.24) is 4.90 Å². The molecule has 1 nitrogen and oxygen atoms in total. The summed E-state index contributed by atoms with van der Waals surface area (Å²) in [4.78, 5) is 2.71. The molecule has 2 bridgehead atoms. The monoisotopic (exact) mass is 153 g/mol. The number of rotatable bonds is 2. The van der Waals surface area contributed by atoms with E-state index in [0.717, 1.165) is 17.9 Å². The Hall–Kier alpha value is -0.0400. The lowest BCUT2D eigenvalue weighted by atomic mass is 10.0. The molecule has 1 heteroatoms. The molecule has 1 aliphatic heterocycles. The molecular weight excluding hydrogens is 134 g/mol. The highest BCUT2D eigenvalue weighted by atomic mass is 15.2. The standard InChI is InChI=1S/C10H19N/c1-3-6-11-7-9-4-5-10(11)8(9)2/h8-10H,3-7H2,1-2H3. The molecule has 1 heterocycles. The molecule has 2 aliphatic rings. The van der Waals surface area contributed by atoms with Gasteiger partial charge in [0.05, 0.1) is 0 Å². The van der Waals surface area contributed by atoms with Gasteiger partial charge in [-0.05, 0) is 37.6 Å². The number of likely N-dealkylation sites (tertiary alicyclic amines) is 1. The Labute approximate surface area is 69.8 Å². The fourth-order valence-corrected chi connectivity index (χ4v) is 2.98. The van der Waals surface area contributed by atoms with Crippen LogP contribution in [0.2, 0.25) is 0 Å². The van der Waals surface area contributed by atoms with Crippen LogP contribution in [-0.2, 0) is 0 Å². The van der Waals surface area contributed by atoms with Crippen LogP contribution in [0.4, 0.5) is 0 Å². The van der Waals surface area contributed by atoms with E-state index in [1.807, 2.05) is 0 Å². The van der Waals surface area contributed by atoms with Crippen molar-refractivity contribution in [2.45, 2.75) is 39.2 Å². The Morgan fingerprint density at radius 2 is 2.18 bits per heavy atom. The first-order valence-electron chi connectivity index (χ1n) is 5.07. The Morgan fingerprint density at radius 3 is 2.64 bits per heavy atom. The van der Waals surface area contributed by atoms with Crippen molar-refractivity contribution in [2.24, 2.45) is 11.8 Å². The Morgan fingerprint density at radius 1 is 1.36 bits per heavy atom. The first-order chi connectivity index (χ1) is 5.33. The maximum Gasteiger partial charge on any atom is 0.0124 e. The van der Waals surface area contributed by atoms with E-state index in [1.165, 1.54) is 32.4 Å². The molecule has 1 aliphatic carbocycles. The Balaban J connectivity index is 1.97. The zero-order valence-corrected chi connectivity index (χ0v) is 7.71. The van der Waals surface area contributed by atoms with Gasteiger partial charge in [0.15, 0.2) is 0 Å². The Kier molecular flexibility index (Phi) is 1.92. The molecule has 2 fully saturated rings. The summed E-state index contributed by atoms with van der Waals surface area (Å²) in [5, 5.41) is 0. The largest absolute Gasteiger partial charge is 0.300 e. The summed E-state index contributed by atoms with van der Waals surface area (Å²) >= 11 is 0. The molecule has 3 atom stereocenters. The van der Waals surface area contributed by atoms with Gasteiger partial charge >= 0.3 is 0 Å². The van der Waals surface area contributed by atoms with E-state index >= 15 is 0 Å². The summed E-state index contributed by atoms with van der Waals surface area (Å²) < 4.78 is 0. The SMILES string of the molecule is CCCN1CC2CCC1C2C. The first kappa shape index (κ1) is 7.60. The van der Waals surface area contributed by atoms with Crippen molar-refractivity contribution in [3.63, 3.8) is 0 Å². The lowest BCUT2D eigenvalue weighted by molar-refractivity contribution is 0.208. The van der Waals surface area contributed by atoms with Gasteiger partial charge in [0.25, 0.3) is 0 Å². The molecule has 64 valence electrons. The minimum atomic E-state index is 0.958. The summed E-state index contributed by atoms with van der Waals surface area (Å²) in [6, 6.07) is 0.958. The molecule has 0 aromatic heterocycles. The third-order valence-corrected chi connectivity index (χ3v) is 3.63. The highest BCUT2D eigenvalue weighted by Crippen LogP contribution is 2.42. The van der Waals surface area contributed by atoms with Crippen molar-refractivity contribution in [3.05, 3.63) is 0 Å². The topological polar surface area (TPSA) is 3.24 Å². The summed E-state index contributed by atoms with van der Waals surface area (Å²) in [6.45, 7) is 7.47. The zero-order valence-electron chi connectivity index (χ0n) is 7.71. The van der Waals surface area contributed by atoms with Crippen LogP contribution in [0, 0.1) is 11.8 Å². The van der Waals surface area contributed by atoms with Gasteiger partial charge in [-0.25, -0.2) is 0 Å². The predicted octanol–water partition coefficient (Wildman–Crippen LogP) is 2.13. The number of nitrogens with zero attached hydrogens (tertiary/aromatic N) is 1. The molecule has 11 heavy (non-hydrogen) atoms. The third kappa shape index (κ3) is 1.10. The van der Waals surface area contributed by atoms with Crippen LogP contribution in [0.1, 0.15) is 33.1 Å². The zero-order chi connectivity index (χ0) is 7.84. The quantitative estimate of drug-likeness (QED) is 0.587. The highest BCUT2D eigenvalue weighted by Gasteiger charge is 2.43. The minimum Gasteiger partial charge on any atom is -0.300 e. The maximum atomic E-state index is 2.71. The van der Waals surface area contributed by atoms with E-state index in [1.54, 1.807) is 0 Å². The summed E-state index contributed by atoms with van der Waals surface area (Å²) in [5.41, 5.74) is 0. The van der Waals surface area contributed by atoms with Crippen LogP contribution in [0.5, 0.6) is 0 Å². The normalized spacial score (nSPS) is 43.6. The second-order valence-electron chi connectivity index (χ2n) is 4.26. The number of piperidine rings is 1. The molecule has 3 unspecified atom stereocenters. The van der Waals surface area contributed by atoms with Crippen LogP contribution < -0.4 is 0 Å². The molecular formula is C10H19N. The van der Waals surface area contributed by atoms with E-state index < -0.39 is 0 Å². The third-order valence-electron chi connectivity index (χ3n) is 3.63. The second kappa shape index (κ2) is 2.78. The van der Waals surface area contributed by atoms with Crippen molar-refractivity contribution < 1.29 is 0 Å². The average Bonchev–Trinajstić information content (AvgIpc) is 2.47. The van der Waals surface area contributed by atoms with Crippen molar-refractivity contribution in [1.29, 1.82) is 0 Å². The van der Waals surface area contributed by atoms with Crippen LogP contribution in [0.25, 0.3) is 0 Å². The molecule has 0 spiro atoms. The number of hydrogen-bond acceptors (Lipinski definition) is 1. The summed E-state index contributed by atoms with van der Waals surface area (Å²) in [6.07, 6.45) is 4.31. The van der Waals surface area contributed by atoms with Crippen LogP contribution in [0.15, 0.2) is 0 Å².